The molecule has 0 amide bonds. The van der Waals surface area contributed by atoms with Gasteiger partial charge in [0.05, 0.1) is 0 Å². The second-order valence-electron chi connectivity index (χ2n) is 1.57. The van der Waals surface area contributed by atoms with Crippen LogP contribution in [0.15, 0.2) is 0 Å². The van der Waals surface area contributed by atoms with E-state index in [9.17, 15) is 9.59 Å². The molecular formula is C5H7AuO2Se. The van der Waals surface area contributed by atoms with Crippen molar-refractivity contribution in [1.82, 2.24) is 0 Å². The SMILES string of the molecule is CC(=O)CCC(=O)[Se].[Au]. The Morgan fingerprint density at radius 2 is 1.78 bits per heavy atom. The maximum atomic E-state index is 10.2. The molecule has 0 aromatic carbocycles. The Bertz CT molecular complexity index is 99.5. The molecule has 0 unspecified atom stereocenters. The van der Waals surface area contributed by atoms with Crippen LogP contribution < -0.4 is 0 Å². The van der Waals surface area contributed by atoms with Gasteiger partial charge in [-0.1, -0.05) is 0 Å². The standard InChI is InChI=1S/C5H7O2Se.Au/c1-4(6)2-3-5(7)8;/h2-3H2,1H3;. The van der Waals surface area contributed by atoms with E-state index in [2.05, 4.69) is 16.0 Å². The number of hydrogen-bond donors (Lipinski definition) is 0. The fourth-order valence-electron chi connectivity index (χ4n) is 0.278. The van der Waals surface area contributed by atoms with Gasteiger partial charge >= 0.3 is 55.8 Å². The molecule has 0 aromatic rings. The minimum absolute atomic E-state index is 0. The Kier molecular flexibility index (Phi) is 9.17. The van der Waals surface area contributed by atoms with Crippen molar-refractivity contribution >= 4 is 26.5 Å². The maximum absolute atomic E-state index is 10.2. The molecule has 0 N–H and O–H groups in total. The van der Waals surface area contributed by atoms with Crippen LogP contribution in [0.25, 0.3) is 0 Å². The third-order valence-electron chi connectivity index (χ3n) is 0.681. The van der Waals surface area contributed by atoms with Crippen LogP contribution in [0.3, 0.4) is 0 Å². The van der Waals surface area contributed by atoms with Gasteiger partial charge in [-0.2, -0.15) is 0 Å². The third kappa shape index (κ3) is 11.9. The Morgan fingerprint density at radius 3 is 1.89 bits per heavy atom. The van der Waals surface area contributed by atoms with Crippen molar-refractivity contribution in [3.05, 3.63) is 0 Å². The molecule has 4 heteroatoms. The van der Waals surface area contributed by atoms with E-state index in [0.717, 1.165) is 0 Å². The van der Waals surface area contributed by atoms with E-state index in [1.807, 2.05) is 0 Å². The molecule has 0 rings (SSSR count). The maximum Gasteiger partial charge on any atom is 0 e. The van der Waals surface area contributed by atoms with Crippen LogP contribution in [0.2, 0.25) is 0 Å². The number of ketones is 1. The zero-order chi connectivity index (χ0) is 6.57. The third-order valence-corrected chi connectivity index (χ3v) is 1.11. The molecule has 0 fully saturated rings. The van der Waals surface area contributed by atoms with Crippen LogP contribution in [0.5, 0.6) is 0 Å². The first kappa shape index (κ1) is 12.3. The number of carbonyl (C=O) groups is 2. The fraction of sp³-hybridized carbons (Fsp3) is 0.600. The molecule has 0 aliphatic rings. The van der Waals surface area contributed by atoms with Gasteiger partial charge in [-0.25, -0.2) is 0 Å². The average Bonchev–Trinajstić information content (AvgIpc) is 1.61. The van der Waals surface area contributed by atoms with Gasteiger partial charge in [-0.05, 0) is 0 Å². The summed E-state index contributed by atoms with van der Waals surface area (Å²) in [6.07, 6.45) is 0.709. The Morgan fingerprint density at radius 1 is 1.33 bits per heavy atom. The molecular weight excluding hydrogens is 368 g/mol. The van der Waals surface area contributed by atoms with Crippen molar-refractivity contribution in [3.8, 4) is 0 Å². The van der Waals surface area contributed by atoms with Gasteiger partial charge in [-0.15, -0.1) is 0 Å². The summed E-state index contributed by atoms with van der Waals surface area (Å²) in [6, 6.07) is 0. The average molecular weight is 375 g/mol. The predicted molar refractivity (Wildman–Crippen MR) is 30.7 cm³/mol. The van der Waals surface area contributed by atoms with Gasteiger partial charge < -0.3 is 0 Å². The van der Waals surface area contributed by atoms with Crippen LogP contribution in [-0.2, 0) is 32.0 Å². The molecule has 0 aliphatic heterocycles. The molecule has 2 nitrogen and oxygen atoms in total. The quantitative estimate of drug-likeness (QED) is 0.654. The Hall–Kier alpha value is 0.600. The summed E-state index contributed by atoms with van der Waals surface area (Å²) in [5, 5.41) is 0. The summed E-state index contributed by atoms with van der Waals surface area (Å²) in [5.41, 5.74) is 0. The molecule has 0 aliphatic carbocycles. The largest absolute Gasteiger partial charge is 0 e. The molecule has 9 heavy (non-hydrogen) atoms. The van der Waals surface area contributed by atoms with Crippen molar-refractivity contribution in [2.75, 3.05) is 0 Å². The van der Waals surface area contributed by atoms with Crippen LogP contribution in [0.1, 0.15) is 19.8 Å². The molecule has 0 saturated carbocycles. The topological polar surface area (TPSA) is 34.1 Å². The van der Waals surface area contributed by atoms with E-state index >= 15 is 0 Å². The van der Waals surface area contributed by atoms with Gasteiger partial charge in [0.15, 0.2) is 0 Å². The number of carbonyl (C=O) groups excluding carboxylic acids is 2. The molecule has 0 aromatic heterocycles. The van der Waals surface area contributed by atoms with Gasteiger partial charge in [0.25, 0.3) is 0 Å². The van der Waals surface area contributed by atoms with Crippen molar-refractivity contribution in [2.45, 2.75) is 19.8 Å². The van der Waals surface area contributed by atoms with E-state index in [-0.39, 0.29) is 32.8 Å². The van der Waals surface area contributed by atoms with Crippen molar-refractivity contribution in [3.63, 3.8) is 0 Å². The molecule has 2 radical (unpaired) electrons. The van der Waals surface area contributed by atoms with Gasteiger partial charge in [0, 0.05) is 22.4 Å². The van der Waals surface area contributed by atoms with Crippen molar-refractivity contribution < 1.29 is 32.0 Å². The predicted octanol–water partition coefficient (Wildman–Crippen LogP) is 0.0482. The van der Waals surface area contributed by atoms with E-state index in [1.54, 1.807) is 0 Å². The minimum atomic E-state index is -0.0415. The van der Waals surface area contributed by atoms with Crippen LogP contribution in [-0.4, -0.2) is 26.5 Å². The molecule has 0 bridgehead atoms. The van der Waals surface area contributed by atoms with E-state index in [4.69, 9.17) is 0 Å². The summed E-state index contributed by atoms with van der Waals surface area (Å²) in [7, 11) is 0. The van der Waals surface area contributed by atoms with E-state index in [1.165, 1.54) is 6.92 Å². The van der Waals surface area contributed by atoms with Gasteiger partial charge in [0.2, 0.25) is 0 Å². The smallest absolute Gasteiger partial charge is 0 e. The molecule has 0 saturated heterocycles. The number of hydrogen-bond acceptors (Lipinski definition) is 2. The van der Waals surface area contributed by atoms with Crippen molar-refractivity contribution in [2.24, 2.45) is 0 Å². The first-order valence-electron chi connectivity index (χ1n) is 2.32. The molecule has 0 spiro atoms. The van der Waals surface area contributed by atoms with Crippen LogP contribution in [0.4, 0.5) is 0 Å². The monoisotopic (exact) mass is 376 g/mol. The first-order valence-corrected chi connectivity index (χ1v) is 3.18. The van der Waals surface area contributed by atoms with Gasteiger partial charge in [0.1, 0.15) is 0 Å². The van der Waals surface area contributed by atoms with Gasteiger partial charge in [-0.3, -0.25) is 0 Å². The normalized spacial score (nSPS) is 7.67. The summed E-state index contributed by atoms with van der Waals surface area (Å²) >= 11 is 2.30. The summed E-state index contributed by atoms with van der Waals surface area (Å²) in [5.74, 6) is 0.0635. The first-order chi connectivity index (χ1) is 3.63. The number of rotatable bonds is 3. The number of Topliss-reactive ketones (excluding diaryl/α,β-unsaturated/α-hetero) is 1. The molecule has 0 heterocycles. The summed E-state index contributed by atoms with van der Waals surface area (Å²) in [6.45, 7) is 1.48. The van der Waals surface area contributed by atoms with Crippen LogP contribution in [0, 0.1) is 0 Å². The molecule has 56 valence electrons. The van der Waals surface area contributed by atoms with E-state index in [0.29, 0.717) is 12.8 Å². The molecule has 0 atom stereocenters. The van der Waals surface area contributed by atoms with Crippen LogP contribution >= 0.6 is 0 Å². The summed E-state index contributed by atoms with van der Waals surface area (Å²) < 4.78 is -0.0415. The van der Waals surface area contributed by atoms with E-state index < -0.39 is 0 Å². The fourth-order valence-corrected chi connectivity index (χ4v) is 0.492. The Balaban J connectivity index is 0. The summed E-state index contributed by atoms with van der Waals surface area (Å²) in [4.78, 5) is 20.3. The second kappa shape index (κ2) is 6.72. The second-order valence-corrected chi connectivity index (χ2v) is 2.53. The Labute approximate surface area is 78.1 Å². The zero-order valence-corrected chi connectivity index (χ0v) is 8.82. The van der Waals surface area contributed by atoms with Crippen molar-refractivity contribution in [1.29, 1.82) is 0 Å². The zero-order valence-electron chi connectivity index (χ0n) is 4.94. The minimum Gasteiger partial charge on any atom is 0 e.